The van der Waals surface area contributed by atoms with E-state index in [-0.39, 0.29) is 16.1 Å². The number of hydrogen-bond acceptors (Lipinski definition) is 1. The van der Waals surface area contributed by atoms with Gasteiger partial charge in [0.05, 0.1) is 11.1 Å². The lowest BCUT2D eigenvalue weighted by Gasteiger charge is -2.20. The van der Waals surface area contributed by atoms with E-state index in [1.165, 1.54) is 12.1 Å². The molecule has 0 heterocycles. The second-order valence-corrected chi connectivity index (χ2v) is 4.71. The minimum absolute atomic E-state index is 0.0267. The largest absolute Gasteiger partial charge is 0.306 e. The van der Waals surface area contributed by atoms with Gasteiger partial charge >= 0.3 is 0 Å². The van der Waals surface area contributed by atoms with Crippen molar-refractivity contribution in [1.29, 1.82) is 0 Å². The maximum Gasteiger partial charge on any atom is 0.142 e. The highest BCUT2D eigenvalue weighted by Crippen LogP contribution is 2.29. The number of hydrogen-bond donors (Lipinski definition) is 1. The number of nitrogens with one attached hydrogen (secondary N) is 1. The minimum atomic E-state index is -0.770. The van der Waals surface area contributed by atoms with E-state index in [9.17, 15) is 13.2 Å². The molecule has 1 N–H and O–H groups in total. The molecule has 1 nitrogen and oxygen atoms in total. The molecule has 5 heteroatoms. The smallest absolute Gasteiger partial charge is 0.142 e. The summed E-state index contributed by atoms with van der Waals surface area (Å²) in [5, 5.41) is 2.66. The van der Waals surface area contributed by atoms with E-state index >= 15 is 0 Å². The van der Waals surface area contributed by atoms with Crippen LogP contribution in [-0.2, 0) is 0 Å². The quantitative estimate of drug-likeness (QED) is 0.822. The van der Waals surface area contributed by atoms with Gasteiger partial charge in [-0.15, -0.1) is 0 Å². The SMILES string of the molecule is CCNC(c1ccccc1F)c1cc(F)c(Cl)cc1F. The molecule has 1 atom stereocenters. The van der Waals surface area contributed by atoms with Gasteiger partial charge in [0, 0.05) is 11.1 Å². The van der Waals surface area contributed by atoms with E-state index < -0.39 is 23.5 Å². The molecule has 20 heavy (non-hydrogen) atoms. The molecule has 2 aromatic rings. The zero-order chi connectivity index (χ0) is 14.7. The fourth-order valence-electron chi connectivity index (χ4n) is 2.06. The molecule has 0 saturated heterocycles. The molecule has 0 radical (unpaired) electrons. The van der Waals surface area contributed by atoms with Crippen molar-refractivity contribution in [2.75, 3.05) is 6.54 Å². The molecule has 0 fully saturated rings. The fraction of sp³-hybridized carbons (Fsp3) is 0.200. The Kier molecular flexibility index (Phi) is 4.68. The Balaban J connectivity index is 2.54. The van der Waals surface area contributed by atoms with Gasteiger partial charge in [0.25, 0.3) is 0 Å². The van der Waals surface area contributed by atoms with Crippen LogP contribution >= 0.6 is 11.6 Å². The van der Waals surface area contributed by atoms with E-state index in [1.807, 2.05) is 0 Å². The third kappa shape index (κ3) is 2.97. The van der Waals surface area contributed by atoms with Gasteiger partial charge < -0.3 is 5.32 Å². The Labute approximate surface area is 120 Å². The molecule has 2 aromatic carbocycles. The van der Waals surface area contributed by atoms with Gasteiger partial charge in [-0.2, -0.15) is 0 Å². The van der Waals surface area contributed by atoms with Crippen molar-refractivity contribution in [3.8, 4) is 0 Å². The summed E-state index contributed by atoms with van der Waals surface area (Å²) in [6.07, 6.45) is 0. The number of halogens is 4. The molecule has 0 aliphatic rings. The van der Waals surface area contributed by atoms with Gasteiger partial charge in [-0.3, -0.25) is 0 Å². The standard InChI is InChI=1S/C15H13ClF3N/c1-2-20-15(9-5-3-4-6-12(9)17)10-7-14(19)11(16)8-13(10)18/h3-8,15,20H,2H2,1H3. The average molecular weight is 300 g/mol. The van der Waals surface area contributed by atoms with Crippen LogP contribution in [0.2, 0.25) is 5.02 Å². The van der Waals surface area contributed by atoms with Crippen LogP contribution in [0.1, 0.15) is 24.1 Å². The summed E-state index contributed by atoms with van der Waals surface area (Å²) in [4.78, 5) is 0. The Hall–Kier alpha value is -1.52. The van der Waals surface area contributed by atoms with Crippen molar-refractivity contribution in [1.82, 2.24) is 5.32 Å². The molecule has 0 bridgehead atoms. The Morgan fingerprint density at radius 3 is 2.35 bits per heavy atom. The Bertz CT molecular complexity index is 616. The Morgan fingerprint density at radius 2 is 1.70 bits per heavy atom. The predicted octanol–water partition coefficient (Wildman–Crippen LogP) is 4.46. The van der Waals surface area contributed by atoms with Crippen LogP contribution in [0.4, 0.5) is 13.2 Å². The first-order valence-electron chi connectivity index (χ1n) is 6.16. The van der Waals surface area contributed by atoms with E-state index in [2.05, 4.69) is 5.32 Å². The summed E-state index contributed by atoms with van der Waals surface area (Å²) < 4.78 is 41.4. The van der Waals surface area contributed by atoms with Gasteiger partial charge in [0.2, 0.25) is 0 Å². The van der Waals surface area contributed by atoms with Crippen molar-refractivity contribution in [3.63, 3.8) is 0 Å². The van der Waals surface area contributed by atoms with Crippen molar-refractivity contribution in [2.24, 2.45) is 0 Å². The van der Waals surface area contributed by atoms with Gasteiger partial charge in [0.15, 0.2) is 0 Å². The van der Waals surface area contributed by atoms with Crippen LogP contribution in [0.25, 0.3) is 0 Å². The molecule has 0 saturated carbocycles. The maximum absolute atomic E-state index is 14.0. The van der Waals surface area contributed by atoms with Crippen LogP contribution in [0.3, 0.4) is 0 Å². The summed E-state index contributed by atoms with van der Waals surface area (Å²) in [5.41, 5.74) is 0.286. The molecule has 106 valence electrons. The minimum Gasteiger partial charge on any atom is -0.306 e. The van der Waals surface area contributed by atoms with Crippen LogP contribution in [0.15, 0.2) is 36.4 Å². The first-order chi connectivity index (χ1) is 9.54. The Morgan fingerprint density at radius 1 is 1.00 bits per heavy atom. The highest BCUT2D eigenvalue weighted by atomic mass is 35.5. The second kappa shape index (κ2) is 6.29. The first-order valence-corrected chi connectivity index (χ1v) is 6.54. The molecule has 0 aliphatic carbocycles. The fourth-order valence-corrected chi connectivity index (χ4v) is 2.21. The van der Waals surface area contributed by atoms with Crippen LogP contribution < -0.4 is 5.32 Å². The topological polar surface area (TPSA) is 12.0 Å². The zero-order valence-electron chi connectivity index (χ0n) is 10.8. The molecule has 0 aliphatic heterocycles. The van der Waals surface area contributed by atoms with E-state index in [1.54, 1.807) is 19.1 Å². The second-order valence-electron chi connectivity index (χ2n) is 4.30. The van der Waals surface area contributed by atoms with Gasteiger partial charge in [-0.25, -0.2) is 13.2 Å². The molecule has 0 amide bonds. The van der Waals surface area contributed by atoms with Crippen LogP contribution in [0, 0.1) is 17.5 Å². The summed E-state index contributed by atoms with van der Waals surface area (Å²) in [6.45, 7) is 2.28. The normalized spacial score (nSPS) is 12.4. The molecule has 2 rings (SSSR count). The lowest BCUT2D eigenvalue weighted by molar-refractivity contribution is 0.523. The lowest BCUT2D eigenvalue weighted by atomic mass is 9.97. The average Bonchev–Trinajstić information content (AvgIpc) is 2.42. The van der Waals surface area contributed by atoms with Crippen LogP contribution in [-0.4, -0.2) is 6.54 Å². The van der Waals surface area contributed by atoms with Gasteiger partial charge in [0.1, 0.15) is 17.5 Å². The summed E-state index contributed by atoms with van der Waals surface area (Å²) in [7, 11) is 0. The summed E-state index contributed by atoms with van der Waals surface area (Å²) >= 11 is 5.54. The highest BCUT2D eigenvalue weighted by molar-refractivity contribution is 6.30. The molecule has 0 aromatic heterocycles. The highest BCUT2D eigenvalue weighted by Gasteiger charge is 2.21. The van der Waals surface area contributed by atoms with E-state index in [0.29, 0.717) is 6.54 Å². The van der Waals surface area contributed by atoms with Crippen LogP contribution in [0.5, 0.6) is 0 Å². The van der Waals surface area contributed by atoms with Crippen molar-refractivity contribution in [2.45, 2.75) is 13.0 Å². The predicted molar refractivity (Wildman–Crippen MR) is 73.3 cm³/mol. The molecular weight excluding hydrogens is 287 g/mol. The van der Waals surface area contributed by atoms with Crippen molar-refractivity contribution >= 4 is 11.6 Å². The maximum atomic E-state index is 14.0. The van der Waals surface area contributed by atoms with Gasteiger partial charge in [-0.1, -0.05) is 36.7 Å². The third-order valence-corrected chi connectivity index (χ3v) is 3.26. The number of rotatable bonds is 4. The summed E-state index contributed by atoms with van der Waals surface area (Å²) in [5.74, 6) is -1.89. The monoisotopic (exact) mass is 299 g/mol. The number of benzene rings is 2. The molecular formula is C15H13ClF3N. The van der Waals surface area contributed by atoms with Crippen molar-refractivity contribution in [3.05, 3.63) is 70.0 Å². The van der Waals surface area contributed by atoms with Crippen molar-refractivity contribution < 1.29 is 13.2 Å². The zero-order valence-corrected chi connectivity index (χ0v) is 11.5. The summed E-state index contributed by atoms with van der Waals surface area (Å²) in [6, 6.07) is 7.13. The van der Waals surface area contributed by atoms with Gasteiger partial charge in [-0.05, 0) is 24.7 Å². The third-order valence-electron chi connectivity index (χ3n) is 2.98. The van der Waals surface area contributed by atoms with E-state index in [0.717, 1.165) is 12.1 Å². The lowest BCUT2D eigenvalue weighted by Crippen LogP contribution is -2.24. The van der Waals surface area contributed by atoms with E-state index in [4.69, 9.17) is 11.6 Å². The first kappa shape index (κ1) is 14.9. The molecule has 1 unspecified atom stereocenters. The molecule has 0 spiro atoms.